The van der Waals surface area contributed by atoms with E-state index < -0.39 is 17.5 Å². The van der Waals surface area contributed by atoms with Crippen molar-refractivity contribution in [3.63, 3.8) is 0 Å². The lowest BCUT2D eigenvalue weighted by Gasteiger charge is -2.40. The molecule has 6 atom stereocenters. The molecule has 53 heavy (non-hydrogen) atoms. The van der Waals surface area contributed by atoms with Crippen LogP contribution in [0.3, 0.4) is 0 Å². The van der Waals surface area contributed by atoms with Crippen molar-refractivity contribution >= 4 is 17.6 Å². The summed E-state index contributed by atoms with van der Waals surface area (Å²) in [6, 6.07) is 15.6. The van der Waals surface area contributed by atoms with E-state index in [1.165, 1.54) is 0 Å². The molecule has 280 valence electrons. The van der Waals surface area contributed by atoms with Crippen LogP contribution in [0.2, 0.25) is 0 Å². The van der Waals surface area contributed by atoms with Crippen molar-refractivity contribution in [3.05, 3.63) is 118 Å². The number of fused-ring (bicyclic) bond motifs is 2. The highest BCUT2D eigenvalue weighted by Gasteiger charge is 2.60. The van der Waals surface area contributed by atoms with Gasteiger partial charge < -0.3 is 32.1 Å². The Hall–Kier alpha value is -5.18. The zero-order chi connectivity index (χ0) is 38.4. The summed E-state index contributed by atoms with van der Waals surface area (Å²) < 4.78 is 0. The van der Waals surface area contributed by atoms with Crippen LogP contribution in [0.5, 0.6) is 0 Å². The second-order valence-corrected chi connectivity index (χ2v) is 14.5. The lowest BCUT2D eigenvalue weighted by molar-refractivity contribution is -0.131. The standard InChI is InChI=1S/C42H55N9O2/c1-8-35-30(19-26(5)28(7)46-9-2)15-16-31-20-32(40(53)47-10-3)17-18-36(31)42(35,41(49-44)50-45)22-37(29-13-11-25(4)12-14-29)48-24-38(52)51-33(23-43)21-34-27(6)39(34)51/h8,11-14,17-20,27,33-34,37,39,46,48H,1,7,9-10,15-16,21-22,24,44-45H2,2-6H3,(H,47,53)(H,49,50)/b26-19+/t27?,33?,34?,37-,39?,42?/m0/s1. The lowest BCUT2D eigenvalue weighted by Crippen LogP contribution is -2.52. The fraction of sp³-hybridized carbons (Fsp3) is 0.429. The van der Waals surface area contributed by atoms with Crippen molar-refractivity contribution in [1.82, 2.24) is 26.3 Å². The number of rotatable bonds is 14. The lowest BCUT2D eigenvalue weighted by atomic mass is 9.66. The molecule has 0 spiro atoms. The molecule has 1 saturated heterocycles. The van der Waals surface area contributed by atoms with Crippen LogP contribution < -0.4 is 33.1 Å². The van der Waals surface area contributed by atoms with Crippen LogP contribution in [0.25, 0.3) is 0 Å². The number of nitrogens with two attached hydrogens (primary N) is 2. The van der Waals surface area contributed by atoms with E-state index in [0.717, 1.165) is 57.6 Å². The number of allylic oxidation sites excluding steroid dienone is 4. The summed E-state index contributed by atoms with van der Waals surface area (Å²) in [7, 11) is 0. The first-order valence-electron chi connectivity index (χ1n) is 18.6. The van der Waals surface area contributed by atoms with E-state index in [9.17, 15) is 14.9 Å². The second kappa shape index (κ2) is 16.7. The smallest absolute Gasteiger partial charge is 0.251 e. The fourth-order valence-corrected chi connectivity index (χ4v) is 8.53. The molecule has 2 amide bonds. The zero-order valence-corrected chi connectivity index (χ0v) is 31.8. The summed E-state index contributed by atoms with van der Waals surface area (Å²) >= 11 is 0. The third kappa shape index (κ3) is 7.66. The van der Waals surface area contributed by atoms with Gasteiger partial charge in [0.15, 0.2) is 5.84 Å². The molecule has 0 radical (unpaired) electrons. The van der Waals surface area contributed by atoms with Crippen molar-refractivity contribution in [3.8, 4) is 6.07 Å². The van der Waals surface area contributed by atoms with Crippen LogP contribution in [-0.4, -0.2) is 54.3 Å². The number of carbonyl (C=O) groups excluding carboxylic acids is 2. The van der Waals surface area contributed by atoms with Crippen molar-refractivity contribution in [2.24, 2.45) is 28.6 Å². The highest BCUT2D eigenvalue weighted by molar-refractivity contribution is 5.99. The number of hydrogen-bond acceptors (Lipinski definition) is 8. The number of likely N-dealkylation sites (N-methyl/N-ethyl adjacent to an activating group) is 1. The van der Waals surface area contributed by atoms with Gasteiger partial charge in [0, 0.05) is 36.4 Å². The molecule has 8 N–H and O–H groups in total. The highest BCUT2D eigenvalue weighted by atomic mass is 16.2. The largest absolute Gasteiger partial charge is 0.386 e. The minimum absolute atomic E-state index is 0.0262. The van der Waals surface area contributed by atoms with Crippen LogP contribution >= 0.6 is 0 Å². The Balaban J connectivity index is 1.71. The van der Waals surface area contributed by atoms with E-state index in [4.69, 9.17) is 11.7 Å². The average Bonchev–Trinajstić information content (AvgIpc) is 3.63. The SMILES string of the molecule is C=CC1=C(/C=C(\C)C(=C)NCC)CCc2cc(C(=O)NCC)ccc2C1(C[C@H](NCC(=O)N1C(C#N)CC2C(C)C21)c1ccc(C)cc1)/C(=N/N)NN. The van der Waals surface area contributed by atoms with Gasteiger partial charge in [0.25, 0.3) is 5.91 Å². The number of aryl methyl sites for hydroxylation is 2. The van der Waals surface area contributed by atoms with Crippen LogP contribution in [-0.2, 0) is 16.6 Å². The molecule has 1 heterocycles. The van der Waals surface area contributed by atoms with E-state index in [2.05, 4.69) is 70.8 Å². The monoisotopic (exact) mass is 717 g/mol. The van der Waals surface area contributed by atoms with Gasteiger partial charge in [-0.1, -0.05) is 68.1 Å². The topological polar surface area (TPSA) is 174 Å². The molecule has 0 bridgehead atoms. The van der Waals surface area contributed by atoms with E-state index in [1.54, 1.807) is 4.90 Å². The Bertz CT molecular complexity index is 1870. The number of amides is 2. The minimum Gasteiger partial charge on any atom is -0.386 e. The van der Waals surface area contributed by atoms with Gasteiger partial charge in [0.1, 0.15) is 6.04 Å². The first kappa shape index (κ1) is 39.0. The number of hydrazine groups is 1. The number of likely N-dealkylation sites (tertiary alicyclic amines) is 1. The molecule has 0 aromatic heterocycles. The number of carbonyl (C=O) groups is 2. The Morgan fingerprint density at radius 1 is 1.15 bits per heavy atom. The quantitative estimate of drug-likeness (QED) is 0.0537. The predicted octanol–water partition coefficient (Wildman–Crippen LogP) is 4.70. The summed E-state index contributed by atoms with van der Waals surface area (Å²) in [4.78, 5) is 28.9. The Morgan fingerprint density at radius 3 is 2.49 bits per heavy atom. The molecule has 2 fully saturated rings. The van der Waals surface area contributed by atoms with Crippen LogP contribution in [0.1, 0.15) is 85.6 Å². The molecule has 1 aliphatic heterocycles. The average molecular weight is 718 g/mol. The van der Waals surface area contributed by atoms with Gasteiger partial charge in [-0.05, 0) is 111 Å². The van der Waals surface area contributed by atoms with Gasteiger partial charge in [-0.15, -0.1) is 0 Å². The van der Waals surface area contributed by atoms with Crippen LogP contribution in [0, 0.1) is 30.1 Å². The van der Waals surface area contributed by atoms with Gasteiger partial charge in [-0.3, -0.25) is 9.59 Å². The maximum Gasteiger partial charge on any atom is 0.251 e. The van der Waals surface area contributed by atoms with Crippen LogP contribution in [0.4, 0.5) is 0 Å². The molecule has 2 aromatic rings. The maximum atomic E-state index is 14.0. The molecular formula is C42H55N9O2. The fourth-order valence-electron chi connectivity index (χ4n) is 8.53. The van der Waals surface area contributed by atoms with Crippen molar-refractivity contribution in [1.29, 1.82) is 5.26 Å². The van der Waals surface area contributed by atoms with E-state index in [0.29, 0.717) is 49.0 Å². The van der Waals surface area contributed by atoms with Crippen LogP contribution in [0.15, 0.2) is 95.3 Å². The second-order valence-electron chi connectivity index (χ2n) is 14.5. The number of hydrazone groups is 1. The highest BCUT2D eigenvalue weighted by Crippen LogP contribution is 2.53. The molecule has 11 nitrogen and oxygen atoms in total. The van der Waals surface area contributed by atoms with Gasteiger partial charge in [0.05, 0.1) is 18.0 Å². The van der Waals surface area contributed by atoms with Gasteiger partial charge in [-0.2, -0.15) is 10.4 Å². The number of amidine groups is 1. The normalized spacial score (nSPS) is 24.3. The maximum absolute atomic E-state index is 14.0. The molecule has 5 unspecified atom stereocenters. The first-order valence-corrected chi connectivity index (χ1v) is 18.6. The summed E-state index contributed by atoms with van der Waals surface area (Å²) in [6.07, 6.45) is 6.25. The van der Waals surface area contributed by atoms with E-state index >= 15 is 0 Å². The number of piperidine rings is 1. The van der Waals surface area contributed by atoms with Crippen molar-refractivity contribution < 1.29 is 9.59 Å². The predicted molar refractivity (Wildman–Crippen MR) is 211 cm³/mol. The summed E-state index contributed by atoms with van der Waals surface area (Å²) in [5.41, 5.74) is 9.75. The van der Waals surface area contributed by atoms with Crippen molar-refractivity contribution in [2.45, 2.75) is 83.8 Å². The molecular weight excluding hydrogens is 663 g/mol. The Kier molecular flexibility index (Phi) is 12.3. The van der Waals surface area contributed by atoms with Gasteiger partial charge in [0.2, 0.25) is 5.91 Å². The number of nitriles is 1. The van der Waals surface area contributed by atoms with Gasteiger partial charge >= 0.3 is 0 Å². The molecule has 2 aliphatic carbocycles. The molecule has 2 aromatic carbocycles. The Labute approximate surface area is 314 Å². The molecule has 5 rings (SSSR count). The first-order chi connectivity index (χ1) is 25.5. The Morgan fingerprint density at radius 2 is 1.87 bits per heavy atom. The third-order valence-electron chi connectivity index (χ3n) is 11.4. The van der Waals surface area contributed by atoms with E-state index in [1.807, 2.05) is 64.1 Å². The number of nitrogens with one attached hydrogen (secondary N) is 4. The third-order valence-corrected chi connectivity index (χ3v) is 11.4. The minimum atomic E-state index is -1.12. The summed E-state index contributed by atoms with van der Waals surface area (Å²) in [5, 5.41) is 24.1. The molecule has 3 aliphatic rings. The number of nitrogens with zero attached hydrogens (tertiary/aromatic N) is 3. The van der Waals surface area contributed by atoms with E-state index in [-0.39, 0.29) is 24.4 Å². The zero-order valence-electron chi connectivity index (χ0n) is 31.8. The van der Waals surface area contributed by atoms with Gasteiger partial charge in [-0.25, -0.2) is 5.84 Å². The molecule has 11 heteroatoms. The van der Waals surface area contributed by atoms with Crippen molar-refractivity contribution in [2.75, 3.05) is 19.6 Å². The molecule has 1 saturated carbocycles. The number of benzene rings is 2. The number of hydrogen-bond donors (Lipinski definition) is 6. The summed E-state index contributed by atoms with van der Waals surface area (Å²) in [6.45, 7) is 20.0. The summed E-state index contributed by atoms with van der Waals surface area (Å²) in [5.74, 6) is 13.4.